The molecule has 0 aliphatic rings. The second kappa shape index (κ2) is 12.9. The first kappa shape index (κ1) is 28.7. The molecule has 0 fully saturated rings. The lowest BCUT2D eigenvalue weighted by Crippen LogP contribution is -2.52. The van der Waals surface area contributed by atoms with E-state index in [-0.39, 0.29) is 12.5 Å². The van der Waals surface area contributed by atoms with Gasteiger partial charge in [0.25, 0.3) is 0 Å². The van der Waals surface area contributed by atoms with Gasteiger partial charge in [-0.05, 0) is 49.9 Å². The van der Waals surface area contributed by atoms with E-state index < -0.39 is 28.5 Å². The van der Waals surface area contributed by atoms with E-state index in [0.717, 1.165) is 34.5 Å². The highest BCUT2D eigenvalue weighted by Gasteiger charge is 2.32. The molecule has 0 aliphatic heterocycles. The number of hydrogen-bond acceptors (Lipinski definition) is 4. The highest BCUT2D eigenvalue weighted by molar-refractivity contribution is 7.92. The number of amides is 2. The molecule has 1 atom stereocenters. The van der Waals surface area contributed by atoms with Crippen LogP contribution in [0, 0.1) is 13.8 Å². The fourth-order valence-electron chi connectivity index (χ4n) is 3.76. The van der Waals surface area contributed by atoms with Gasteiger partial charge in [-0.2, -0.15) is 0 Å². The fraction of sp³-hybridized carbons (Fsp3) is 0.462. The Labute approximate surface area is 214 Å². The average molecular weight is 522 g/mol. The van der Waals surface area contributed by atoms with Crippen molar-refractivity contribution in [2.45, 2.75) is 59.5 Å². The number of aryl methyl sites for hydroxylation is 2. The van der Waals surface area contributed by atoms with E-state index in [2.05, 4.69) is 5.32 Å². The molecule has 0 radical (unpaired) electrons. The molecule has 35 heavy (non-hydrogen) atoms. The molecule has 7 nitrogen and oxygen atoms in total. The molecule has 0 bridgehead atoms. The lowest BCUT2D eigenvalue weighted by atomic mass is 10.1. The molecule has 2 rings (SSSR count). The first-order valence-electron chi connectivity index (χ1n) is 11.8. The Balaban J connectivity index is 2.43. The molecule has 1 N–H and O–H groups in total. The molecule has 2 aromatic carbocycles. The van der Waals surface area contributed by atoms with Crippen LogP contribution in [0.1, 0.15) is 49.8 Å². The summed E-state index contributed by atoms with van der Waals surface area (Å²) >= 11 is 6.14. The van der Waals surface area contributed by atoms with Crippen molar-refractivity contribution in [3.8, 4) is 0 Å². The summed E-state index contributed by atoms with van der Waals surface area (Å²) in [4.78, 5) is 28.2. The molecular formula is C26H36ClN3O4S. The second-order valence-electron chi connectivity index (χ2n) is 8.78. The quantitative estimate of drug-likeness (QED) is 0.418. The standard InChI is InChI=1S/C26H36ClN3O4S/c1-6-8-15-28-26(32)23(7-2)29(17-21-12-9-19(3)10-13-21)25(31)18-30(35(5,33)34)24-16-22(27)14-11-20(24)4/h9-14,16,23H,6-8,15,17-18H2,1-5H3,(H,28,32)/t23-/m0/s1. The van der Waals surface area contributed by atoms with Gasteiger partial charge in [-0.3, -0.25) is 13.9 Å². The predicted octanol–water partition coefficient (Wildman–Crippen LogP) is 4.45. The molecule has 0 unspecified atom stereocenters. The minimum Gasteiger partial charge on any atom is -0.354 e. The number of rotatable bonds is 12. The third-order valence-electron chi connectivity index (χ3n) is 5.81. The lowest BCUT2D eigenvalue weighted by molar-refractivity contribution is -0.140. The minimum absolute atomic E-state index is 0.185. The predicted molar refractivity (Wildman–Crippen MR) is 142 cm³/mol. The molecule has 0 aliphatic carbocycles. The molecule has 9 heteroatoms. The number of carbonyl (C=O) groups is 2. The maximum atomic E-state index is 13.7. The Morgan fingerprint density at radius 3 is 2.29 bits per heavy atom. The number of anilines is 1. The van der Waals surface area contributed by atoms with Crippen molar-refractivity contribution in [3.63, 3.8) is 0 Å². The SMILES string of the molecule is CCCCNC(=O)[C@H](CC)N(Cc1ccc(C)cc1)C(=O)CN(c1cc(Cl)ccc1C)S(C)(=O)=O. The fourth-order valence-corrected chi connectivity index (χ4v) is 4.83. The minimum atomic E-state index is -3.81. The van der Waals surface area contributed by atoms with E-state index in [1.54, 1.807) is 19.1 Å². The smallest absolute Gasteiger partial charge is 0.244 e. The van der Waals surface area contributed by atoms with E-state index in [9.17, 15) is 18.0 Å². The Morgan fingerprint density at radius 2 is 1.71 bits per heavy atom. The van der Waals surface area contributed by atoms with Crippen LogP contribution < -0.4 is 9.62 Å². The number of hydrogen-bond donors (Lipinski definition) is 1. The summed E-state index contributed by atoms with van der Waals surface area (Å²) in [6, 6.07) is 11.9. The largest absolute Gasteiger partial charge is 0.354 e. The lowest BCUT2D eigenvalue weighted by Gasteiger charge is -2.33. The third kappa shape index (κ3) is 8.25. The van der Waals surface area contributed by atoms with Crippen molar-refractivity contribution in [3.05, 3.63) is 64.2 Å². The summed E-state index contributed by atoms with van der Waals surface area (Å²) in [5, 5.41) is 3.28. The second-order valence-corrected chi connectivity index (χ2v) is 11.1. The number of nitrogens with one attached hydrogen (secondary N) is 1. The topological polar surface area (TPSA) is 86.8 Å². The van der Waals surface area contributed by atoms with Gasteiger partial charge >= 0.3 is 0 Å². The van der Waals surface area contributed by atoms with Gasteiger partial charge in [0.05, 0.1) is 11.9 Å². The number of nitrogens with zero attached hydrogens (tertiary/aromatic N) is 2. The van der Waals surface area contributed by atoms with Crippen LogP contribution in [0.15, 0.2) is 42.5 Å². The van der Waals surface area contributed by atoms with Crippen molar-refractivity contribution in [2.75, 3.05) is 23.7 Å². The normalized spacial score (nSPS) is 12.2. The van der Waals surface area contributed by atoms with E-state index in [1.165, 1.54) is 11.0 Å². The Kier molecular flexibility index (Phi) is 10.6. The summed E-state index contributed by atoms with van der Waals surface area (Å²) in [6.45, 7) is 7.88. The molecule has 0 saturated carbocycles. The van der Waals surface area contributed by atoms with Crippen LogP contribution in [-0.2, 0) is 26.2 Å². The van der Waals surface area contributed by atoms with Crippen LogP contribution in [0.25, 0.3) is 0 Å². The number of carbonyl (C=O) groups excluding carboxylic acids is 2. The summed E-state index contributed by atoms with van der Waals surface area (Å²) in [5.41, 5.74) is 2.94. The Bertz CT molecular complexity index is 1120. The van der Waals surface area contributed by atoms with Gasteiger partial charge in [0, 0.05) is 18.1 Å². The van der Waals surface area contributed by atoms with Crippen molar-refractivity contribution in [1.29, 1.82) is 0 Å². The van der Waals surface area contributed by atoms with Crippen molar-refractivity contribution in [1.82, 2.24) is 10.2 Å². The highest BCUT2D eigenvalue weighted by atomic mass is 35.5. The van der Waals surface area contributed by atoms with E-state index in [1.807, 2.05) is 45.0 Å². The van der Waals surface area contributed by atoms with Crippen molar-refractivity contribution >= 4 is 39.1 Å². The van der Waals surface area contributed by atoms with E-state index in [4.69, 9.17) is 11.6 Å². The zero-order valence-corrected chi connectivity index (χ0v) is 22.7. The van der Waals surface area contributed by atoms with Gasteiger partial charge in [0.2, 0.25) is 21.8 Å². The first-order chi connectivity index (χ1) is 16.5. The number of halogens is 1. The molecule has 0 aromatic heterocycles. The maximum absolute atomic E-state index is 13.7. The van der Waals surface area contributed by atoms with Crippen LogP contribution in [0.4, 0.5) is 5.69 Å². The summed E-state index contributed by atoms with van der Waals surface area (Å²) in [6.07, 6.45) is 3.22. The van der Waals surface area contributed by atoms with E-state index >= 15 is 0 Å². The molecule has 0 saturated heterocycles. The zero-order valence-electron chi connectivity index (χ0n) is 21.2. The number of benzene rings is 2. The molecule has 2 amide bonds. The Morgan fingerprint density at radius 1 is 1.06 bits per heavy atom. The molecule has 192 valence electrons. The molecular weight excluding hydrogens is 486 g/mol. The van der Waals surface area contributed by atoms with Gasteiger partial charge in [0.1, 0.15) is 12.6 Å². The van der Waals surface area contributed by atoms with Crippen LogP contribution >= 0.6 is 11.6 Å². The Hall–Kier alpha value is -2.58. The van der Waals surface area contributed by atoms with Gasteiger partial charge in [0.15, 0.2) is 0 Å². The van der Waals surface area contributed by atoms with Gasteiger partial charge in [-0.15, -0.1) is 0 Å². The zero-order chi connectivity index (χ0) is 26.2. The first-order valence-corrected chi connectivity index (χ1v) is 14.1. The van der Waals surface area contributed by atoms with Gasteiger partial charge < -0.3 is 10.2 Å². The van der Waals surface area contributed by atoms with Crippen LogP contribution in [0.2, 0.25) is 5.02 Å². The van der Waals surface area contributed by atoms with Crippen LogP contribution in [-0.4, -0.2) is 50.5 Å². The number of sulfonamides is 1. The summed E-state index contributed by atoms with van der Waals surface area (Å²) in [7, 11) is -3.81. The molecule has 0 spiro atoms. The molecule has 0 heterocycles. The third-order valence-corrected chi connectivity index (χ3v) is 7.17. The average Bonchev–Trinajstić information content (AvgIpc) is 2.79. The van der Waals surface area contributed by atoms with Crippen LogP contribution in [0.5, 0.6) is 0 Å². The summed E-state index contributed by atoms with van der Waals surface area (Å²) < 4.78 is 26.5. The van der Waals surface area contributed by atoms with E-state index in [0.29, 0.717) is 29.2 Å². The van der Waals surface area contributed by atoms with Gasteiger partial charge in [-0.25, -0.2) is 8.42 Å². The summed E-state index contributed by atoms with van der Waals surface area (Å²) in [5.74, 6) is -0.709. The van der Waals surface area contributed by atoms with Crippen molar-refractivity contribution < 1.29 is 18.0 Å². The monoisotopic (exact) mass is 521 g/mol. The van der Waals surface area contributed by atoms with Crippen molar-refractivity contribution in [2.24, 2.45) is 0 Å². The van der Waals surface area contributed by atoms with Gasteiger partial charge in [-0.1, -0.05) is 67.8 Å². The number of unbranched alkanes of at least 4 members (excludes halogenated alkanes) is 1. The van der Waals surface area contributed by atoms with Crippen LogP contribution in [0.3, 0.4) is 0 Å². The highest BCUT2D eigenvalue weighted by Crippen LogP contribution is 2.27. The molecule has 2 aromatic rings. The maximum Gasteiger partial charge on any atom is 0.244 e.